The minimum atomic E-state index is -0.247. The molecule has 1 aromatic heterocycles. The molecule has 2 rings (SSSR count). The molecule has 2 N–H and O–H groups in total. The molecule has 1 aliphatic rings. The van der Waals surface area contributed by atoms with E-state index in [1.165, 1.54) is 0 Å². The summed E-state index contributed by atoms with van der Waals surface area (Å²) in [5.74, 6) is 0.324. The second-order valence-electron chi connectivity index (χ2n) is 4.28. The Balaban J connectivity index is 0.00000200. The predicted octanol–water partition coefficient (Wildman–Crippen LogP) is 1.75. The highest BCUT2D eigenvalue weighted by atomic mass is 35.5. The van der Waals surface area contributed by atoms with Crippen molar-refractivity contribution in [1.82, 2.24) is 15.6 Å². The van der Waals surface area contributed by atoms with Crippen LogP contribution in [0.3, 0.4) is 0 Å². The van der Waals surface area contributed by atoms with E-state index < -0.39 is 0 Å². The third kappa shape index (κ3) is 4.98. The molecule has 1 atom stereocenters. The lowest BCUT2D eigenvalue weighted by atomic mass is 10.1. The van der Waals surface area contributed by atoms with Crippen LogP contribution in [0, 0.1) is 0 Å². The molecule has 20 heavy (non-hydrogen) atoms. The van der Waals surface area contributed by atoms with E-state index in [0.717, 1.165) is 13.0 Å². The zero-order chi connectivity index (χ0) is 13.7. The number of amides is 1. The number of carbonyl (C=O) groups is 1. The SMILES string of the molecule is Cl.O=C(CCl)NCc1cc(OC[C@@H]2CCN2)cnc1Cl. The molecule has 1 saturated heterocycles. The molecular formula is C12H16Cl3N3O2. The molecular weight excluding hydrogens is 325 g/mol. The number of nitrogens with zero attached hydrogens (tertiary/aromatic N) is 1. The van der Waals surface area contributed by atoms with Crippen LogP contribution in [0.15, 0.2) is 12.3 Å². The van der Waals surface area contributed by atoms with Gasteiger partial charge in [-0.25, -0.2) is 4.98 Å². The first-order valence-electron chi connectivity index (χ1n) is 6.02. The van der Waals surface area contributed by atoms with Crippen molar-refractivity contribution in [2.24, 2.45) is 0 Å². The molecule has 0 aromatic carbocycles. The summed E-state index contributed by atoms with van der Waals surface area (Å²) in [7, 11) is 0. The predicted molar refractivity (Wildman–Crippen MR) is 81.0 cm³/mol. The minimum absolute atomic E-state index is 0. The summed E-state index contributed by atoms with van der Waals surface area (Å²) in [5.41, 5.74) is 0.708. The lowest BCUT2D eigenvalue weighted by molar-refractivity contribution is -0.118. The number of pyridine rings is 1. The van der Waals surface area contributed by atoms with Gasteiger partial charge in [-0.3, -0.25) is 4.79 Å². The van der Waals surface area contributed by atoms with E-state index in [-0.39, 0.29) is 30.7 Å². The molecule has 112 valence electrons. The van der Waals surface area contributed by atoms with Gasteiger partial charge in [0.05, 0.1) is 6.20 Å². The Morgan fingerprint density at radius 3 is 2.95 bits per heavy atom. The molecule has 0 unspecified atom stereocenters. The van der Waals surface area contributed by atoms with Gasteiger partial charge >= 0.3 is 0 Å². The van der Waals surface area contributed by atoms with E-state index in [0.29, 0.717) is 29.1 Å². The third-order valence-corrected chi connectivity index (χ3v) is 3.44. The second kappa shape index (κ2) is 8.52. The van der Waals surface area contributed by atoms with E-state index in [2.05, 4.69) is 15.6 Å². The normalized spacial score (nSPS) is 16.8. The highest BCUT2D eigenvalue weighted by Crippen LogP contribution is 2.19. The topological polar surface area (TPSA) is 63.2 Å². The van der Waals surface area contributed by atoms with Crippen LogP contribution in [0.4, 0.5) is 0 Å². The van der Waals surface area contributed by atoms with Gasteiger partial charge in [-0.2, -0.15) is 0 Å². The van der Waals surface area contributed by atoms with Crippen LogP contribution in [0.25, 0.3) is 0 Å². The van der Waals surface area contributed by atoms with Crippen LogP contribution in [-0.2, 0) is 11.3 Å². The van der Waals surface area contributed by atoms with Crippen molar-refractivity contribution in [3.8, 4) is 5.75 Å². The van der Waals surface area contributed by atoms with Gasteiger partial charge in [0.1, 0.15) is 23.4 Å². The summed E-state index contributed by atoms with van der Waals surface area (Å²) in [4.78, 5) is 15.1. The number of ether oxygens (including phenoxy) is 1. The third-order valence-electron chi connectivity index (χ3n) is 2.86. The smallest absolute Gasteiger partial charge is 0.235 e. The van der Waals surface area contributed by atoms with Gasteiger partial charge < -0.3 is 15.4 Å². The quantitative estimate of drug-likeness (QED) is 0.612. The fourth-order valence-electron chi connectivity index (χ4n) is 1.60. The highest BCUT2D eigenvalue weighted by Gasteiger charge is 2.17. The Kier molecular flexibility index (Phi) is 7.37. The van der Waals surface area contributed by atoms with Gasteiger partial charge in [0, 0.05) is 18.2 Å². The van der Waals surface area contributed by atoms with E-state index in [1.54, 1.807) is 12.3 Å². The standard InChI is InChI=1S/C12H15Cl2N3O2.ClH/c13-4-11(18)16-5-8-3-10(6-17-12(8)14)19-7-9-1-2-15-9;/h3,6,9,15H,1-2,4-5,7H2,(H,16,18);1H/t9-;/m0./s1. The van der Waals surface area contributed by atoms with E-state index in [4.69, 9.17) is 27.9 Å². The zero-order valence-corrected chi connectivity index (χ0v) is 13.0. The summed E-state index contributed by atoms with van der Waals surface area (Å²) in [6.45, 7) is 1.94. The van der Waals surface area contributed by atoms with Gasteiger partial charge in [-0.05, 0) is 19.0 Å². The van der Waals surface area contributed by atoms with Crippen molar-refractivity contribution < 1.29 is 9.53 Å². The number of aromatic nitrogens is 1. The lowest BCUT2D eigenvalue weighted by Gasteiger charge is -2.27. The van der Waals surface area contributed by atoms with Crippen molar-refractivity contribution in [3.05, 3.63) is 23.0 Å². The van der Waals surface area contributed by atoms with Gasteiger partial charge in [0.15, 0.2) is 0 Å². The van der Waals surface area contributed by atoms with Crippen LogP contribution in [0.1, 0.15) is 12.0 Å². The van der Waals surface area contributed by atoms with Crippen LogP contribution >= 0.6 is 35.6 Å². The molecule has 0 bridgehead atoms. The van der Waals surface area contributed by atoms with Gasteiger partial charge in [-0.15, -0.1) is 24.0 Å². The van der Waals surface area contributed by atoms with Gasteiger partial charge in [0.2, 0.25) is 5.91 Å². The maximum Gasteiger partial charge on any atom is 0.235 e. The summed E-state index contributed by atoms with van der Waals surface area (Å²) < 4.78 is 5.62. The highest BCUT2D eigenvalue weighted by molar-refractivity contribution is 6.30. The molecule has 2 heterocycles. The van der Waals surface area contributed by atoms with Crippen LogP contribution in [0.5, 0.6) is 5.75 Å². The Morgan fingerprint density at radius 1 is 1.60 bits per heavy atom. The number of hydrogen-bond donors (Lipinski definition) is 2. The molecule has 1 aromatic rings. The number of carbonyl (C=O) groups excluding carboxylic acids is 1. The first kappa shape index (κ1) is 17.3. The molecule has 8 heteroatoms. The van der Waals surface area contributed by atoms with Crippen LogP contribution in [-0.4, -0.2) is 36.0 Å². The Morgan fingerprint density at radius 2 is 2.35 bits per heavy atom. The summed E-state index contributed by atoms with van der Waals surface area (Å²) in [5, 5.41) is 6.24. The molecule has 0 radical (unpaired) electrons. The molecule has 0 aliphatic carbocycles. The van der Waals surface area contributed by atoms with Gasteiger partial charge in [0.25, 0.3) is 0 Å². The molecule has 1 amide bonds. The number of nitrogens with one attached hydrogen (secondary N) is 2. The monoisotopic (exact) mass is 339 g/mol. The van der Waals surface area contributed by atoms with Gasteiger partial charge in [-0.1, -0.05) is 11.6 Å². The van der Waals surface area contributed by atoms with Crippen molar-refractivity contribution in [1.29, 1.82) is 0 Å². The number of rotatable bonds is 6. The Bertz CT molecular complexity index is 456. The fraction of sp³-hybridized carbons (Fsp3) is 0.500. The summed E-state index contributed by atoms with van der Waals surface area (Å²) >= 11 is 11.4. The molecule has 1 fully saturated rings. The lowest BCUT2D eigenvalue weighted by Crippen LogP contribution is -2.46. The first-order valence-corrected chi connectivity index (χ1v) is 6.93. The largest absolute Gasteiger partial charge is 0.490 e. The molecule has 5 nitrogen and oxygen atoms in total. The fourth-order valence-corrected chi connectivity index (χ4v) is 1.87. The average molecular weight is 341 g/mol. The molecule has 0 spiro atoms. The number of halogens is 3. The number of alkyl halides is 1. The first-order chi connectivity index (χ1) is 9.19. The Labute approximate surface area is 133 Å². The van der Waals surface area contributed by atoms with Crippen molar-refractivity contribution in [3.63, 3.8) is 0 Å². The molecule has 1 aliphatic heterocycles. The second-order valence-corrected chi connectivity index (χ2v) is 4.91. The summed E-state index contributed by atoms with van der Waals surface area (Å²) in [6, 6.07) is 2.19. The maximum absolute atomic E-state index is 11.1. The Hall–Kier alpha value is -0.750. The maximum atomic E-state index is 11.1. The molecule has 0 saturated carbocycles. The van der Waals surface area contributed by atoms with Crippen molar-refractivity contribution in [2.75, 3.05) is 19.0 Å². The van der Waals surface area contributed by atoms with Crippen molar-refractivity contribution >= 4 is 41.5 Å². The van der Waals surface area contributed by atoms with E-state index in [1.807, 2.05) is 0 Å². The van der Waals surface area contributed by atoms with E-state index >= 15 is 0 Å². The average Bonchev–Trinajstić information content (AvgIpc) is 2.36. The van der Waals surface area contributed by atoms with E-state index in [9.17, 15) is 4.79 Å². The minimum Gasteiger partial charge on any atom is -0.490 e. The zero-order valence-electron chi connectivity index (χ0n) is 10.7. The van der Waals surface area contributed by atoms with Crippen LogP contribution < -0.4 is 15.4 Å². The summed E-state index contributed by atoms with van der Waals surface area (Å²) in [6.07, 6.45) is 2.70. The van der Waals surface area contributed by atoms with Crippen molar-refractivity contribution in [2.45, 2.75) is 19.0 Å². The van der Waals surface area contributed by atoms with Crippen LogP contribution in [0.2, 0.25) is 5.15 Å². The number of hydrogen-bond acceptors (Lipinski definition) is 4.